The average molecular weight is 296 g/mol. The molecule has 20 heavy (non-hydrogen) atoms. The third-order valence-corrected chi connectivity index (χ3v) is 5.20. The summed E-state index contributed by atoms with van der Waals surface area (Å²) in [6, 6.07) is 0.411. The molecule has 1 saturated carbocycles. The summed E-state index contributed by atoms with van der Waals surface area (Å²) < 4.78 is 1.93. The van der Waals surface area contributed by atoms with E-state index in [1.165, 1.54) is 12.8 Å². The number of carbonyl (C=O) groups excluding carboxylic acids is 1. The topological polar surface area (TPSA) is 38.1 Å². The van der Waals surface area contributed by atoms with Crippen LogP contribution in [0, 0.1) is 5.92 Å². The molecule has 0 radical (unpaired) electrons. The fraction of sp³-hybridized carbons (Fsp3) is 0.733. The van der Waals surface area contributed by atoms with E-state index in [4.69, 9.17) is 11.6 Å². The van der Waals surface area contributed by atoms with Gasteiger partial charge in [-0.2, -0.15) is 0 Å². The van der Waals surface area contributed by atoms with Crippen LogP contribution < -0.4 is 0 Å². The number of Topliss-reactive ketones (excluding diaryl/α,β-unsaturated/α-hetero) is 1. The number of ketones is 1. The van der Waals surface area contributed by atoms with Crippen LogP contribution >= 0.6 is 11.6 Å². The number of aromatic nitrogens is 2. The van der Waals surface area contributed by atoms with Gasteiger partial charge in [0.15, 0.2) is 0 Å². The first kappa shape index (κ1) is 14.1. The second-order valence-corrected chi connectivity index (χ2v) is 6.44. The SMILES string of the molecule is Cn1c(Cl)cnc1CN1CCCCC1C1CCCC1=O. The number of nitrogens with zero attached hydrogens (tertiary/aromatic N) is 3. The Morgan fingerprint density at radius 1 is 1.35 bits per heavy atom. The van der Waals surface area contributed by atoms with Gasteiger partial charge in [0.1, 0.15) is 16.8 Å². The molecule has 5 heteroatoms. The third kappa shape index (κ3) is 2.63. The molecule has 0 N–H and O–H groups in total. The Hall–Kier alpha value is -0.870. The van der Waals surface area contributed by atoms with Crippen molar-refractivity contribution in [2.24, 2.45) is 13.0 Å². The van der Waals surface area contributed by atoms with Gasteiger partial charge in [-0.15, -0.1) is 0 Å². The van der Waals surface area contributed by atoms with Crippen LogP contribution in [0.25, 0.3) is 0 Å². The van der Waals surface area contributed by atoms with Crippen molar-refractivity contribution in [2.45, 2.75) is 51.1 Å². The molecular formula is C15H22ClN3O. The Bertz CT molecular complexity index is 499. The van der Waals surface area contributed by atoms with Crippen molar-refractivity contribution in [1.29, 1.82) is 0 Å². The van der Waals surface area contributed by atoms with Crippen LogP contribution in [-0.2, 0) is 18.4 Å². The predicted octanol–water partition coefficient (Wildman–Crippen LogP) is 2.80. The van der Waals surface area contributed by atoms with E-state index < -0.39 is 0 Å². The summed E-state index contributed by atoms with van der Waals surface area (Å²) in [6.45, 7) is 1.87. The fourth-order valence-corrected chi connectivity index (χ4v) is 3.82. The van der Waals surface area contributed by atoms with E-state index in [2.05, 4.69) is 9.88 Å². The maximum Gasteiger partial charge on any atom is 0.137 e. The predicted molar refractivity (Wildman–Crippen MR) is 78.6 cm³/mol. The summed E-state index contributed by atoms with van der Waals surface area (Å²) >= 11 is 6.06. The van der Waals surface area contributed by atoms with Crippen molar-refractivity contribution in [3.63, 3.8) is 0 Å². The maximum atomic E-state index is 12.1. The number of imidazole rings is 1. The van der Waals surface area contributed by atoms with Crippen molar-refractivity contribution in [3.8, 4) is 0 Å². The molecule has 2 heterocycles. The van der Waals surface area contributed by atoms with Gasteiger partial charge in [-0.1, -0.05) is 18.0 Å². The number of halogens is 1. The van der Waals surface area contributed by atoms with Gasteiger partial charge in [0.2, 0.25) is 0 Å². The van der Waals surface area contributed by atoms with Gasteiger partial charge in [-0.05, 0) is 32.2 Å². The van der Waals surface area contributed by atoms with Crippen LogP contribution in [0.5, 0.6) is 0 Å². The highest BCUT2D eigenvalue weighted by Gasteiger charge is 2.37. The Labute approximate surface area is 125 Å². The van der Waals surface area contributed by atoms with E-state index >= 15 is 0 Å². The molecule has 3 rings (SSSR count). The summed E-state index contributed by atoms with van der Waals surface area (Å²) in [5.41, 5.74) is 0. The van der Waals surface area contributed by atoms with E-state index in [-0.39, 0.29) is 5.92 Å². The smallest absolute Gasteiger partial charge is 0.137 e. The lowest BCUT2D eigenvalue weighted by atomic mass is 9.88. The van der Waals surface area contributed by atoms with Gasteiger partial charge in [0.05, 0.1) is 12.7 Å². The first-order valence-corrected chi connectivity index (χ1v) is 7.97. The molecular weight excluding hydrogens is 274 g/mol. The van der Waals surface area contributed by atoms with Gasteiger partial charge in [0, 0.05) is 25.4 Å². The maximum absolute atomic E-state index is 12.1. The molecule has 0 spiro atoms. The molecule has 0 amide bonds. The Morgan fingerprint density at radius 3 is 2.85 bits per heavy atom. The number of hydrogen-bond acceptors (Lipinski definition) is 3. The molecule has 1 aliphatic heterocycles. The number of likely N-dealkylation sites (tertiary alicyclic amines) is 1. The van der Waals surface area contributed by atoms with Gasteiger partial charge >= 0.3 is 0 Å². The quantitative estimate of drug-likeness (QED) is 0.860. The summed E-state index contributed by atoms with van der Waals surface area (Å²) in [6.07, 6.45) is 8.24. The zero-order valence-electron chi connectivity index (χ0n) is 12.0. The van der Waals surface area contributed by atoms with E-state index in [0.717, 1.165) is 44.6 Å². The minimum absolute atomic E-state index is 0.256. The van der Waals surface area contributed by atoms with Gasteiger partial charge in [0.25, 0.3) is 0 Å². The molecule has 2 fully saturated rings. The van der Waals surface area contributed by atoms with Crippen LogP contribution in [0.1, 0.15) is 44.3 Å². The van der Waals surface area contributed by atoms with Crippen molar-refractivity contribution >= 4 is 17.4 Å². The molecule has 0 aromatic carbocycles. The zero-order chi connectivity index (χ0) is 14.1. The molecule has 1 aliphatic carbocycles. The molecule has 110 valence electrons. The molecule has 2 atom stereocenters. The van der Waals surface area contributed by atoms with Crippen LogP contribution in [-0.4, -0.2) is 32.8 Å². The normalized spacial score (nSPS) is 28.2. The summed E-state index contributed by atoms with van der Waals surface area (Å²) in [7, 11) is 1.95. The van der Waals surface area contributed by atoms with Crippen LogP contribution in [0.3, 0.4) is 0 Å². The average Bonchev–Trinajstić information content (AvgIpc) is 3.00. The molecule has 1 aromatic heterocycles. The van der Waals surface area contributed by atoms with E-state index in [9.17, 15) is 4.79 Å². The number of carbonyl (C=O) groups is 1. The Kier molecular flexibility index (Phi) is 4.13. The van der Waals surface area contributed by atoms with Crippen LogP contribution in [0.15, 0.2) is 6.20 Å². The summed E-state index contributed by atoms with van der Waals surface area (Å²) in [4.78, 5) is 18.9. The first-order valence-electron chi connectivity index (χ1n) is 7.59. The van der Waals surface area contributed by atoms with Gasteiger partial charge in [-0.3, -0.25) is 9.69 Å². The van der Waals surface area contributed by atoms with E-state index in [1.54, 1.807) is 6.20 Å². The first-order chi connectivity index (χ1) is 9.66. The highest BCUT2D eigenvalue weighted by molar-refractivity contribution is 6.29. The Balaban J connectivity index is 1.75. The van der Waals surface area contributed by atoms with Crippen molar-refractivity contribution < 1.29 is 4.79 Å². The monoisotopic (exact) mass is 295 g/mol. The lowest BCUT2D eigenvalue weighted by Crippen LogP contribution is -2.45. The molecule has 4 nitrogen and oxygen atoms in total. The second-order valence-electron chi connectivity index (χ2n) is 6.05. The lowest BCUT2D eigenvalue weighted by molar-refractivity contribution is -0.123. The van der Waals surface area contributed by atoms with Gasteiger partial charge in [-0.25, -0.2) is 4.98 Å². The second kappa shape index (κ2) is 5.86. The van der Waals surface area contributed by atoms with Crippen molar-refractivity contribution in [2.75, 3.05) is 6.54 Å². The van der Waals surface area contributed by atoms with E-state index in [0.29, 0.717) is 17.0 Å². The Morgan fingerprint density at radius 2 is 2.20 bits per heavy atom. The molecule has 0 bridgehead atoms. The number of hydrogen-bond donors (Lipinski definition) is 0. The van der Waals surface area contributed by atoms with Crippen LogP contribution in [0.2, 0.25) is 5.15 Å². The highest BCUT2D eigenvalue weighted by atomic mass is 35.5. The fourth-order valence-electron chi connectivity index (χ4n) is 3.67. The lowest BCUT2D eigenvalue weighted by Gasteiger charge is -2.38. The standard InChI is InChI=1S/C15H22ClN3O/c1-18-14(16)9-17-15(18)10-19-8-3-2-6-12(19)11-5-4-7-13(11)20/h9,11-12H,2-8,10H2,1H3. The minimum Gasteiger partial charge on any atom is -0.321 e. The van der Waals surface area contributed by atoms with Crippen LogP contribution in [0.4, 0.5) is 0 Å². The largest absolute Gasteiger partial charge is 0.321 e. The molecule has 1 saturated heterocycles. The van der Waals surface area contributed by atoms with Crippen molar-refractivity contribution in [1.82, 2.24) is 14.5 Å². The van der Waals surface area contributed by atoms with E-state index in [1.807, 2.05) is 11.6 Å². The zero-order valence-corrected chi connectivity index (χ0v) is 12.8. The molecule has 2 aliphatic rings. The molecule has 2 unspecified atom stereocenters. The number of rotatable bonds is 3. The summed E-state index contributed by atoms with van der Waals surface area (Å²) in [5.74, 6) is 1.72. The minimum atomic E-state index is 0.256. The molecule has 1 aromatic rings. The summed E-state index contributed by atoms with van der Waals surface area (Å²) in [5, 5.41) is 0.672. The number of piperidine rings is 1. The van der Waals surface area contributed by atoms with Gasteiger partial charge < -0.3 is 4.57 Å². The highest BCUT2D eigenvalue weighted by Crippen LogP contribution is 2.33. The third-order valence-electron chi connectivity index (χ3n) is 4.85. The van der Waals surface area contributed by atoms with Crippen molar-refractivity contribution in [3.05, 3.63) is 17.2 Å².